The van der Waals surface area contributed by atoms with Crippen molar-refractivity contribution in [3.63, 3.8) is 0 Å². The Bertz CT molecular complexity index is 871. The van der Waals surface area contributed by atoms with Crippen molar-refractivity contribution in [3.05, 3.63) is 30.1 Å². The molecule has 1 aliphatic heterocycles. The van der Waals surface area contributed by atoms with E-state index in [-0.39, 0.29) is 16.9 Å². The monoisotopic (exact) mass is 392 g/mol. The van der Waals surface area contributed by atoms with Gasteiger partial charge in [-0.15, -0.1) is 0 Å². The molecule has 0 amide bonds. The predicted octanol–water partition coefficient (Wildman–Crippen LogP) is 3.08. The van der Waals surface area contributed by atoms with Crippen LogP contribution in [0, 0.1) is 12.0 Å². The lowest BCUT2D eigenvalue weighted by Gasteiger charge is -2.33. The van der Waals surface area contributed by atoms with E-state index in [1.54, 1.807) is 12.1 Å². The number of nitrogens with zero attached hydrogens (tertiary/aromatic N) is 3. The lowest BCUT2D eigenvalue weighted by molar-refractivity contribution is 0.131. The van der Waals surface area contributed by atoms with Crippen molar-refractivity contribution in [2.24, 2.45) is 5.92 Å². The zero-order chi connectivity index (χ0) is 19.6. The summed E-state index contributed by atoms with van der Waals surface area (Å²) in [7, 11) is -3.27. The number of aromatic nitrogens is 2. The van der Waals surface area contributed by atoms with E-state index < -0.39 is 9.84 Å². The Morgan fingerprint density at radius 3 is 2.56 bits per heavy atom. The standard InChI is InChI=1S/C19H26N3O4S/c1-13(2)18-20-19(26-21-18)22-10-8-15(9-11-22)14(3)25-16-6-5-7-17(12-16)27(4,23)24/h6-7,12-15H,8-11H2,1-4H3/t14-/m0/s1. The van der Waals surface area contributed by atoms with Gasteiger partial charge < -0.3 is 14.2 Å². The molecule has 0 aliphatic carbocycles. The highest BCUT2D eigenvalue weighted by molar-refractivity contribution is 7.90. The fourth-order valence-corrected chi connectivity index (χ4v) is 3.78. The number of sulfone groups is 1. The van der Waals surface area contributed by atoms with E-state index in [0.29, 0.717) is 17.7 Å². The lowest BCUT2D eigenvalue weighted by Crippen LogP contribution is -2.38. The summed E-state index contributed by atoms with van der Waals surface area (Å²) >= 11 is 0. The summed E-state index contributed by atoms with van der Waals surface area (Å²) in [5.41, 5.74) is 0. The van der Waals surface area contributed by atoms with Gasteiger partial charge in [0.15, 0.2) is 15.7 Å². The highest BCUT2D eigenvalue weighted by Gasteiger charge is 2.28. The van der Waals surface area contributed by atoms with E-state index in [4.69, 9.17) is 9.26 Å². The van der Waals surface area contributed by atoms with Crippen LogP contribution in [0.4, 0.5) is 6.01 Å². The molecule has 3 rings (SSSR count). The average Bonchev–Trinajstić information content (AvgIpc) is 3.12. The summed E-state index contributed by atoms with van der Waals surface area (Å²) in [6.45, 7) is 7.75. The first kappa shape index (κ1) is 19.7. The van der Waals surface area contributed by atoms with Gasteiger partial charge in [-0.3, -0.25) is 0 Å². The van der Waals surface area contributed by atoms with Gasteiger partial charge in [0, 0.05) is 25.3 Å². The van der Waals surface area contributed by atoms with E-state index in [1.807, 2.05) is 20.8 Å². The Morgan fingerprint density at radius 1 is 1.26 bits per heavy atom. The summed E-state index contributed by atoms with van der Waals surface area (Å²) in [5.74, 6) is 1.88. The van der Waals surface area contributed by atoms with Crippen LogP contribution in [0.25, 0.3) is 0 Å². The second kappa shape index (κ2) is 7.88. The molecule has 0 spiro atoms. The minimum Gasteiger partial charge on any atom is -0.490 e. The molecule has 7 nitrogen and oxygen atoms in total. The molecule has 27 heavy (non-hydrogen) atoms. The Kier molecular flexibility index (Phi) is 5.74. The molecule has 1 radical (unpaired) electrons. The van der Waals surface area contributed by atoms with Gasteiger partial charge in [-0.1, -0.05) is 19.0 Å². The summed E-state index contributed by atoms with van der Waals surface area (Å²) in [6, 6.07) is 8.12. The molecule has 1 atom stereocenters. The van der Waals surface area contributed by atoms with Gasteiger partial charge in [0.2, 0.25) is 0 Å². The van der Waals surface area contributed by atoms with Crippen LogP contribution in [0.5, 0.6) is 5.75 Å². The summed E-state index contributed by atoms with van der Waals surface area (Å²) in [6.07, 6.45) is 3.04. The molecular formula is C19H26N3O4S. The summed E-state index contributed by atoms with van der Waals surface area (Å²) in [5, 5.41) is 4.02. The number of ether oxygens (including phenoxy) is 1. The summed E-state index contributed by atoms with van der Waals surface area (Å²) in [4.78, 5) is 6.79. The maximum absolute atomic E-state index is 11.7. The number of benzene rings is 1. The van der Waals surface area contributed by atoms with Crippen LogP contribution in [0.1, 0.15) is 45.4 Å². The van der Waals surface area contributed by atoms with E-state index in [9.17, 15) is 8.42 Å². The van der Waals surface area contributed by atoms with Crippen LogP contribution in [-0.2, 0) is 9.84 Å². The van der Waals surface area contributed by atoms with E-state index in [2.05, 4.69) is 21.1 Å². The summed E-state index contributed by atoms with van der Waals surface area (Å²) < 4.78 is 34.7. The molecule has 0 N–H and O–H groups in total. The largest absolute Gasteiger partial charge is 0.490 e. The molecule has 0 bridgehead atoms. The highest BCUT2D eigenvalue weighted by Crippen LogP contribution is 2.28. The maximum Gasteiger partial charge on any atom is 0.324 e. The van der Waals surface area contributed by atoms with Crippen molar-refractivity contribution < 1.29 is 17.7 Å². The minimum absolute atomic E-state index is 0.0238. The first-order valence-electron chi connectivity index (χ1n) is 9.20. The third kappa shape index (κ3) is 4.80. The van der Waals surface area contributed by atoms with Gasteiger partial charge in [0.25, 0.3) is 0 Å². The van der Waals surface area contributed by atoms with Gasteiger partial charge >= 0.3 is 6.01 Å². The lowest BCUT2D eigenvalue weighted by atomic mass is 9.92. The fourth-order valence-electron chi connectivity index (χ4n) is 3.17. The number of hydrogen-bond acceptors (Lipinski definition) is 7. The molecule has 0 saturated carbocycles. The van der Waals surface area contributed by atoms with Crippen molar-refractivity contribution in [1.29, 1.82) is 0 Å². The van der Waals surface area contributed by atoms with Gasteiger partial charge in [-0.2, -0.15) is 4.98 Å². The molecule has 147 valence electrons. The van der Waals surface area contributed by atoms with Gasteiger partial charge in [-0.25, -0.2) is 8.42 Å². The quantitative estimate of drug-likeness (QED) is 0.747. The molecule has 1 saturated heterocycles. The van der Waals surface area contributed by atoms with Crippen LogP contribution in [0.3, 0.4) is 0 Å². The van der Waals surface area contributed by atoms with Crippen molar-refractivity contribution in [3.8, 4) is 5.75 Å². The highest BCUT2D eigenvalue weighted by atomic mass is 32.2. The smallest absolute Gasteiger partial charge is 0.324 e. The zero-order valence-electron chi connectivity index (χ0n) is 16.2. The van der Waals surface area contributed by atoms with E-state index in [0.717, 1.165) is 31.8 Å². The Balaban J connectivity index is 1.57. The van der Waals surface area contributed by atoms with Crippen molar-refractivity contribution >= 4 is 15.9 Å². The Morgan fingerprint density at radius 2 is 1.96 bits per heavy atom. The molecule has 1 aromatic carbocycles. The fraction of sp³-hybridized carbons (Fsp3) is 0.579. The van der Waals surface area contributed by atoms with Crippen molar-refractivity contribution in [1.82, 2.24) is 10.1 Å². The first-order chi connectivity index (χ1) is 12.7. The van der Waals surface area contributed by atoms with Gasteiger partial charge in [0.1, 0.15) is 5.75 Å². The zero-order valence-corrected chi connectivity index (χ0v) is 17.0. The molecule has 8 heteroatoms. The minimum atomic E-state index is -3.27. The van der Waals surface area contributed by atoms with Crippen LogP contribution in [0.15, 0.2) is 27.6 Å². The first-order valence-corrected chi connectivity index (χ1v) is 11.1. The molecule has 2 aromatic rings. The molecule has 1 aromatic heterocycles. The molecule has 2 heterocycles. The average molecular weight is 393 g/mol. The Hall–Kier alpha value is -2.09. The van der Waals surface area contributed by atoms with Crippen LogP contribution >= 0.6 is 0 Å². The van der Waals surface area contributed by atoms with Crippen molar-refractivity contribution in [2.45, 2.75) is 50.5 Å². The topological polar surface area (TPSA) is 85.5 Å². The second-order valence-corrected chi connectivity index (χ2v) is 9.43. The second-order valence-electron chi connectivity index (χ2n) is 7.41. The maximum atomic E-state index is 11.7. The third-order valence-corrected chi connectivity index (χ3v) is 6.00. The van der Waals surface area contributed by atoms with E-state index in [1.165, 1.54) is 12.3 Å². The number of piperidine rings is 1. The number of rotatable bonds is 6. The van der Waals surface area contributed by atoms with Crippen LogP contribution in [0.2, 0.25) is 0 Å². The normalized spacial score (nSPS) is 17.3. The third-order valence-electron chi connectivity index (χ3n) is 4.91. The van der Waals surface area contributed by atoms with Crippen molar-refractivity contribution in [2.75, 3.05) is 24.2 Å². The Labute approximate surface area is 160 Å². The number of anilines is 1. The van der Waals surface area contributed by atoms with Gasteiger partial charge in [0.05, 0.1) is 11.0 Å². The van der Waals surface area contributed by atoms with Crippen LogP contribution < -0.4 is 9.64 Å². The van der Waals surface area contributed by atoms with E-state index >= 15 is 0 Å². The number of hydrogen-bond donors (Lipinski definition) is 0. The SMILES string of the molecule is CC(C)c1noc(N2CCC([C@H](C)Oc3c[c]cc(S(C)(=O)=O)c3)CC2)n1. The predicted molar refractivity (Wildman–Crippen MR) is 102 cm³/mol. The van der Waals surface area contributed by atoms with Gasteiger partial charge in [-0.05, 0) is 49.9 Å². The van der Waals surface area contributed by atoms with Crippen LogP contribution in [-0.4, -0.2) is 44.0 Å². The molecule has 1 fully saturated rings. The molecule has 1 aliphatic rings. The molecule has 0 unspecified atom stereocenters. The molecular weight excluding hydrogens is 366 g/mol.